The van der Waals surface area contributed by atoms with Gasteiger partial charge in [-0.3, -0.25) is 0 Å². The second-order valence-corrected chi connectivity index (χ2v) is 4.68. The van der Waals surface area contributed by atoms with Crippen molar-refractivity contribution in [1.82, 2.24) is 0 Å². The number of aryl methyl sites for hydroxylation is 1. The first-order valence-electron chi connectivity index (χ1n) is 5.38. The summed E-state index contributed by atoms with van der Waals surface area (Å²) in [4.78, 5) is 10.9. The van der Waals surface area contributed by atoms with Gasteiger partial charge in [0.2, 0.25) is 0 Å². The summed E-state index contributed by atoms with van der Waals surface area (Å²) in [5.74, 6) is -0.386. The van der Waals surface area contributed by atoms with E-state index in [4.69, 9.17) is 15.6 Å². The molecule has 0 aromatic heterocycles. The summed E-state index contributed by atoms with van der Waals surface area (Å²) < 4.78 is 6.44. The van der Waals surface area contributed by atoms with E-state index in [1.54, 1.807) is 6.92 Å². The number of aliphatic carboxylic acids is 1. The number of ether oxygens (including phenoxy) is 1. The van der Waals surface area contributed by atoms with Gasteiger partial charge in [0.1, 0.15) is 5.75 Å². The predicted molar refractivity (Wildman–Crippen MR) is 69.1 cm³/mol. The minimum Gasteiger partial charge on any atom is -0.479 e. The minimum absolute atomic E-state index is 0.311. The maximum absolute atomic E-state index is 10.9. The smallest absolute Gasteiger partial charge is 0.344 e. The third-order valence-corrected chi connectivity index (χ3v) is 2.90. The average Bonchev–Trinajstić information content (AvgIpc) is 2.26. The monoisotopic (exact) mass is 301 g/mol. The third-order valence-electron chi connectivity index (χ3n) is 2.44. The molecule has 0 heterocycles. The summed E-state index contributed by atoms with van der Waals surface area (Å²) in [6.07, 6.45) is -0.422. The molecule has 0 radical (unpaired) electrons. The van der Waals surface area contributed by atoms with Crippen LogP contribution in [0.15, 0.2) is 16.6 Å². The van der Waals surface area contributed by atoms with E-state index >= 15 is 0 Å². The number of nitrogens with two attached hydrogens (primary N) is 1. The van der Waals surface area contributed by atoms with Gasteiger partial charge in [-0.2, -0.15) is 0 Å². The van der Waals surface area contributed by atoms with Gasteiger partial charge in [-0.1, -0.05) is 22.9 Å². The standard InChI is InChI=1S/C12H16BrNO3/c1-3-10(12(15)16)17-11-7(2)4-9(13)5-8(11)6-14/h4-5,10H,3,6,14H2,1-2H3,(H,15,16). The molecule has 4 nitrogen and oxygen atoms in total. The zero-order chi connectivity index (χ0) is 13.0. The molecule has 1 unspecified atom stereocenters. The van der Waals surface area contributed by atoms with Crippen molar-refractivity contribution in [1.29, 1.82) is 0 Å². The lowest BCUT2D eigenvalue weighted by Crippen LogP contribution is -2.27. The Bertz CT molecular complexity index is 420. The Kier molecular flexibility index (Phi) is 4.96. The van der Waals surface area contributed by atoms with E-state index < -0.39 is 12.1 Å². The lowest BCUT2D eigenvalue weighted by Gasteiger charge is -2.18. The van der Waals surface area contributed by atoms with Crippen molar-refractivity contribution in [2.45, 2.75) is 32.9 Å². The molecule has 0 bridgehead atoms. The number of rotatable bonds is 5. The number of carboxylic acid groups (broad SMARTS) is 1. The van der Waals surface area contributed by atoms with Crippen LogP contribution in [-0.2, 0) is 11.3 Å². The van der Waals surface area contributed by atoms with Crippen LogP contribution < -0.4 is 10.5 Å². The number of halogens is 1. The summed E-state index contributed by atoms with van der Waals surface area (Å²) in [6.45, 7) is 3.95. The lowest BCUT2D eigenvalue weighted by molar-refractivity contribution is -0.145. The molecule has 3 N–H and O–H groups in total. The van der Waals surface area contributed by atoms with E-state index in [1.807, 2.05) is 19.1 Å². The Balaban J connectivity index is 3.08. The molecule has 1 aromatic carbocycles. The van der Waals surface area contributed by atoms with Gasteiger partial charge in [-0.05, 0) is 31.0 Å². The van der Waals surface area contributed by atoms with Gasteiger partial charge in [0.15, 0.2) is 6.10 Å². The lowest BCUT2D eigenvalue weighted by atomic mass is 10.1. The topological polar surface area (TPSA) is 72.5 Å². The Hall–Kier alpha value is -1.07. The van der Waals surface area contributed by atoms with Crippen molar-refractivity contribution in [3.05, 3.63) is 27.7 Å². The zero-order valence-corrected chi connectivity index (χ0v) is 11.5. The largest absolute Gasteiger partial charge is 0.479 e. The van der Waals surface area contributed by atoms with Gasteiger partial charge < -0.3 is 15.6 Å². The molecule has 94 valence electrons. The highest BCUT2D eigenvalue weighted by atomic mass is 79.9. The summed E-state index contributed by atoms with van der Waals surface area (Å²) in [5.41, 5.74) is 7.31. The van der Waals surface area contributed by atoms with Crippen LogP contribution in [0.4, 0.5) is 0 Å². The van der Waals surface area contributed by atoms with Gasteiger partial charge >= 0.3 is 5.97 Å². The van der Waals surface area contributed by atoms with Gasteiger partial charge in [-0.15, -0.1) is 0 Å². The van der Waals surface area contributed by atoms with Crippen molar-refractivity contribution >= 4 is 21.9 Å². The molecule has 0 fully saturated rings. The third kappa shape index (κ3) is 3.44. The SMILES string of the molecule is CCC(Oc1c(C)cc(Br)cc1CN)C(=O)O. The van der Waals surface area contributed by atoms with Crippen molar-refractivity contribution in [3.8, 4) is 5.75 Å². The fraction of sp³-hybridized carbons (Fsp3) is 0.417. The highest BCUT2D eigenvalue weighted by Crippen LogP contribution is 2.29. The maximum Gasteiger partial charge on any atom is 0.344 e. The average molecular weight is 302 g/mol. The molecule has 0 spiro atoms. The van der Waals surface area contributed by atoms with Crippen molar-refractivity contribution in [3.63, 3.8) is 0 Å². The van der Waals surface area contributed by atoms with Crippen LogP contribution in [0, 0.1) is 6.92 Å². The first-order chi connectivity index (χ1) is 7.99. The van der Waals surface area contributed by atoms with Crippen LogP contribution in [0.1, 0.15) is 24.5 Å². The molecule has 0 aliphatic rings. The van der Waals surface area contributed by atoms with Gasteiger partial charge in [0.05, 0.1) is 0 Å². The Morgan fingerprint density at radius 3 is 2.71 bits per heavy atom. The molecule has 5 heteroatoms. The molecule has 0 aliphatic heterocycles. The molecule has 1 aromatic rings. The quantitative estimate of drug-likeness (QED) is 0.876. The first kappa shape index (κ1) is 14.0. The highest BCUT2D eigenvalue weighted by Gasteiger charge is 2.19. The Morgan fingerprint density at radius 2 is 2.24 bits per heavy atom. The molecule has 1 rings (SSSR count). The molecule has 0 amide bonds. The summed E-state index contributed by atoms with van der Waals surface area (Å²) in [7, 11) is 0. The second-order valence-electron chi connectivity index (χ2n) is 3.77. The molecule has 1 atom stereocenters. The fourth-order valence-corrected chi connectivity index (χ4v) is 2.19. The summed E-state index contributed by atoms with van der Waals surface area (Å²) >= 11 is 3.37. The van der Waals surface area contributed by atoms with Crippen LogP contribution in [-0.4, -0.2) is 17.2 Å². The van der Waals surface area contributed by atoms with Crippen molar-refractivity contribution in [2.24, 2.45) is 5.73 Å². The maximum atomic E-state index is 10.9. The van der Waals surface area contributed by atoms with Crippen molar-refractivity contribution in [2.75, 3.05) is 0 Å². The normalized spacial score (nSPS) is 12.2. The summed E-state index contributed by atoms with van der Waals surface area (Å²) in [6, 6.07) is 3.72. The number of hydrogen-bond acceptors (Lipinski definition) is 3. The van der Waals surface area contributed by atoms with Crippen LogP contribution in [0.2, 0.25) is 0 Å². The van der Waals surface area contributed by atoms with Crippen LogP contribution in [0.5, 0.6) is 5.75 Å². The number of carbonyl (C=O) groups is 1. The number of carboxylic acids is 1. The fourth-order valence-electron chi connectivity index (χ4n) is 1.57. The molecule has 0 saturated carbocycles. The van der Waals surface area contributed by atoms with Crippen molar-refractivity contribution < 1.29 is 14.6 Å². The van der Waals surface area contributed by atoms with E-state index in [2.05, 4.69) is 15.9 Å². The van der Waals surface area contributed by atoms with E-state index in [0.29, 0.717) is 18.7 Å². The molecule has 0 aliphatic carbocycles. The molecule has 17 heavy (non-hydrogen) atoms. The van der Waals surface area contributed by atoms with Gasteiger partial charge in [0, 0.05) is 16.6 Å². The highest BCUT2D eigenvalue weighted by molar-refractivity contribution is 9.10. The van der Waals surface area contributed by atoms with E-state index in [-0.39, 0.29) is 0 Å². The minimum atomic E-state index is -0.960. The van der Waals surface area contributed by atoms with E-state index in [0.717, 1.165) is 15.6 Å². The van der Waals surface area contributed by atoms with E-state index in [1.165, 1.54) is 0 Å². The Morgan fingerprint density at radius 1 is 1.59 bits per heavy atom. The zero-order valence-electron chi connectivity index (χ0n) is 9.87. The van der Waals surface area contributed by atoms with Crippen LogP contribution in [0.3, 0.4) is 0 Å². The number of benzene rings is 1. The van der Waals surface area contributed by atoms with Gasteiger partial charge in [-0.25, -0.2) is 4.79 Å². The van der Waals surface area contributed by atoms with E-state index in [9.17, 15) is 4.79 Å². The van der Waals surface area contributed by atoms with Crippen LogP contribution in [0.25, 0.3) is 0 Å². The predicted octanol–water partition coefficient (Wildman–Crippen LogP) is 2.46. The molecular weight excluding hydrogens is 286 g/mol. The molecule has 0 saturated heterocycles. The van der Waals surface area contributed by atoms with Gasteiger partial charge in [0.25, 0.3) is 0 Å². The molecular formula is C12H16BrNO3. The van der Waals surface area contributed by atoms with Crippen LogP contribution >= 0.6 is 15.9 Å². The second kappa shape index (κ2) is 6.02. The first-order valence-corrected chi connectivity index (χ1v) is 6.17. The summed E-state index contributed by atoms with van der Waals surface area (Å²) in [5, 5.41) is 8.98. The number of hydrogen-bond donors (Lipinski definition) is 2. The Labute approximate surface area is 109 Å².